The number of fused-ring (bicyclic) bond motifs is 1. The zero-order chi connectivity index (χ0) is 11.7. The van der Waals surface area contributed by atoms with Crippen LogP contribution in [0.4, 0.5) is 0 Å². The SMILES string of the molecule is C=CC(C)NCc1c(C)nc2scc(C)n12. The molecule has 2 heterocycles. The third-order valence-electron chi connectivity index (χ3n) is 2.77. The second kappa shape index (κ2) is 4.39. The fourth-order valence-electron chi connectivity index (χ4n) is 1.72. The number of imidazole rings is 1. The van der Waals surface area contributed by atoms with Crippen molar-refractivity contribution in [3.05, 3.63) is 35.1 Å². The molecule has 0 amide bonds. The highest BCUT2D eigenvalue weighted by Gasteiger charge is 2.11. The van der Waals surface area contributed by atoms with Gasteiger partial charge in [-0.15, -0.1) is 17.9 Å². The van der Waals surface area contributed by atoms with E-state index in [0.717, 1.165) is 17.2 Å². The summed E-state index contributed by atoms with van der Waals surface area (Å²) >= 11 is 1.69. The highest BCUT2D eigenvalue weighted by atomic mass is 32.1. The molecule has 1 unspecified atom stereocenters. The molecule has 0 fully saturated rings. The van der Waals surface area contributed by atoms with E-state index in [4.69, 9.17) is 0 Å². The third-order valence-corrected chi connectivity index (χ3v) is 3.72. The maximum atomic E-state index is 4.55. The smallest absolute Gasteiger partial charge is 0.194 e. The van der Waals surface area contributed by atoms with Gasteiger partial charge in [-0.05, 0) is 20.8 Å². The van der Waals surface area contributed by atoms with Crippen molar-refractivity contribution in [1.29, 1.82) is 0 Å². The van der Waals surface area contributed by atoms with Crippen LogP contribution in [0.25, 0.3) is 4.96 Å². The van der Waals surface area contributed by atoms with Crippen LogP contribution in [0.15, 0.2) is 18.0 Å². The summed E-state index contributed by atoms with van der Waals surface area (Å²) in [4.78, 5) is 5.63. The molecule has 0 saturated carbocycles. The van der Waals surface area contributed by atoms with E-state index in [9.17, 15) is 0 Å². The monoisotopic (exact) mass is 235 g/mol. The molecule has 0 aliphatic heterocycles. The summed E-state index contributed by atoms with van der Waals surface area (Å²) in [6.45, 7) is 10.9. The van der Waals surface area contributed by atoms with Gasteiger partial charge in [0.2, 0.25) is 0 Å². The number of aryl methyl sites for hydroxylation is 2. The van der Waals surface area contributed by atoms with Crippen molar-refractivity contribution < 1.29 is 0 Å². The third kappa shape index (κ3) is 1.90. The molecule has 2 aromatic heterocycles. The van der Waals surface area contributed by atoms with E-state index in [1.165, 1.54) is 11.4 Å². The van der Waals surface area contributed by atoms with Gasteiger partial charge in [0.15, 0.2) is 4.96 Å². The van der Waals surface area contributed by atoms with Crippen LogP contribution in [-0.2, 0) is 6.54 Å². The van der Waals surface area contributed by atoms with Crippen molar-refractivity contribution >= 4 is 16.3 Å². The van der Waals surface area contributed by atoms with Gasteiger partial charge in [0.05, 0.1) is 11.4 Å². The lowest BCUT2D eigenvalue weighted by Crippen LogP contribution is -2.24. The van der Waals surface area contributed by atoms with Gasteiger partial charge in [-0.3, -0.25) is 4.40 Å². The topological polar surface area (TPSA) is 29.3 Å². The molecule has 0 saturated heterocycles. The fourth-order valence-corrected chi connectivity index (χ4v) is 2.65. The van der Waals surface area contributed by atoms with Crippen molar-refractivity contribution in [2.24, 2.45) is 0 Å². The number of hydrogen-bond acceptors (Lipinski definition) is 3. The average Bonchev–Trinajstić information content (AvgIpc) is 2.76. The van der Waals surface area contributed by atoms with E-state index in [1.807, 2.05) is 6.08 Å². The first-order valence-corrected chi connectivity index (χ1v) is 6.29. The van der Waals surface area contributed by atoms with Gasteiger partial charge in [0.25, 0.3) is 0 Å². The first-order chi connectivity index (χ1) is 7.63. The number of nitrogens with zero attached hydrogens (tertiary/aromatic N) is 2. The summed E-state index contributed by atoms with van der Waals surface area (Å²) in [5, 5.41) is 5.55. The van der Waals surface area contributed by atoms with Gasteiger partial charge in [-0.25, -0.2) is 4.98 Å². The van der Waals surface area contributed by atoms with E-state index in [0.29, 0.717) is 6.04 Å². The van der Waals surface area contributed by atoms with Gasteiger partial charge >= 0.3 is 0 Å². The Hall–Kier alpha value is -1.13. The number of hydrogen-bond donors (Lipinski definition) is 1. The normalized spacial score (nSPS) is 13.2. The lowest BCUT2D eigenvalue weighted by Gasteiger charge is -2.09. The predicted octanol–water partition coefficient (Wildman–Crippen LogP) is 2.68. The molecule has 0 aliphatic carbocycles. The molecular weight excluding hydrogens is 218 g/mol. The van der Waals surface area contributed by atoms with Crippen LogP contribution in [0.2, 0.25) is 0 Å². The van der Waals surface area contributed by atoms with E-state index in [2.05, 4.69) is 47.4 Å². The van der Waals surface area contributed by atoms with Gasteiger partial charge < -0.3 is 5.32 Å². The summed E-state index contributed by atoms with van der Waals surface area (Å²) in [6.07, 6.45) is 1.91. The van der Waals surface area contributed by atoms with Crippen molar-refractivity contribution in [2.75, 3.05) is 0 Å². The number of nitrogens with one attached hydrogen (secondary N) is 1. The largest absolute Gasteiger partial charge is 0.305 e. The molecule has 4 heteroatoms. The van der Waals surface area contributed by atoms with Crippen LogP contribution in [0.3, 0.4) is 0 Å². The van der Waals surface area contributed by atoms with Crippen molar-refractivity contribution in [3.8, 4) is 0 Å². The fraction of sp³-hybridized carbons (Fsp3) is 0.417. The zero-order valence-corrected chi connectivity index (χ0v) is 10.8. The Morgan fingerprint density at radius 3 is 3.06 bits per heavy atom. The van der Waals surface area contributed by atoms with Gasteiger partial charge in [-0.2, -0.15) is 0 Å². The molecule has 1 atom stereocenters. The Bertz CT molecular complexity index is 510. The van der Waals surface area contributed by atoms with Crippen LogP contribution in [0.5, 0.6) is 0 Å². The molecule has 0 aromatic carbocycles. The molecule has 16 heavy (non-hydrogen) atoms. The van der Waals surface area contributed by atoms with Gasteiger partial charge in [0, 0.05) is 23.7 Å². The predicted molar refractivity (Wildman–Crippen MR) is 69.0 cm³/mol. The van der Waals surface area contributed by atoms with Crippen molar-refractivity contribution in [3.63, 3.8) is 0 Å². The minimum absolute atomic E-state index is 0.323. The quantitative estimate of drug-likeness (QED) is 0.826. The Morgan fingerprint density at radius 2 is 2.38 bits per heavy atom. The van der Waals surface area contributed by atoms with Crippen LogP contribution in [-0.4, -0.2) is 15.4 Å². The Labute approximate surface area is 99.8 Å². The molecule has 86 valence electrons. The maximum Gasteiger partial charge on any atom is 0.194 e. The minimum Gasteiger partial charge on any atom is -0.305 e. The minimum atomic E-state index is 0.323. The Balaban J connectivity index is 2.31. The highest BCUT2D eigenvalue weighted by molar-refractivity contribution is 7.15. The summed E-state index contributed by atoms with van der Waals surface area (Å²) in [7, 11) is 0. The molecule has 0 bridgehead atoms. The van der Waals surface area contributed by atoms with Crippen LogP contribution in [0.1, 0.15) is 24.0 Å². The Morgan fingerprint density at radius 1 is 1.62 bits per heavy atom. The van der Waals surface area contributed by atoms with Crippen molar-refractivity contribution in [1.82, 2.24) is 14.7 Å². The van der Waals surface area contributed by atoms with Crippen LogP contribution in [0, 0.1) is 13.8 Å². The van der Waals surface area contributed by atoms with Gasteiger partial charge in [-0.1, -0.05) is 6.08 Å². The Kier molecular flexibility index (Phi) is 3.12. The zero-order valence-electron chi connectivity index (χ0n) is 9.95. The number of rotatable bonds is 4. The first kappa shape index (κ1) is 11.4. The summed E-state index contributed by atoms with van der Waals surface area (Å²) in [5.74, 6) is 0. The summed E-state index contributed by atoms with van der Waals surface area (Å²) in [5.41, 5.74) is 3.62. The number of aromatic nitrogens is 2. The first-order valence-electron chi connectivity index (χ1n) is 5.41. The summed E-state index contributed by atoms with van der Waals surface area (Å²) in [6, 6.07) is 0.323. The standard InChI is InChI=1S/C12H17N3S/c1-5-8(2)13-6-11-10(4)14-12-15(11)9(3)7-16-12/h5,7-8,13H,1,6H2,2-4H3. The lowest BCUT2D eigenvalue weighted by molar-refractivity contribution is 0.618. The molecule has 0 spiro atoms. The van der Waals surface area contributed by atoms with E-state index in [1.54, 1.807) is 11.3 Å². The van der Waals surface area contributed by atoms with Crippen LogP contribution < -0.4 is 5.32 Å². The maximum absolute atomic E-state index is 4.55. The lowest BCUT2D eigenvalue weighted by atomic mass is 10.3. The second-order valence-corrected chi connectivity index (χ2v) is 4.88. The second-order valence-electron chi connectivity index (χ2n) is 4.04. The van der Waals surface area contributed by atoms with E-state index >= 15 is 0 Å². The molecular formula is C12H17N3S. The number of thiazole rings is 1. The molecule has 0 radical (unpaired) electrons. The van der Waals surface area contributed by atoms with E-state index in [-0.39, 0.29) is 0 Å². The van der Waals surface area contributed by atoms with E-state index < -0.39 is 0 Å². The molecule has 3 nitrogen and oxygen atoms in total. The van der Waals surface area contributed by atoms with Crippen LogP contribution >= 0.6 is 11.3 Å². The molecule has 0 aliphatic rings. The molecule has 2 aromatic rings. The molecule has 2 rings (SSSR count). The van der Waals surface area contributed by atoms with Gasteiger partial charge in [0.1, 0.15) is 0 Å². The van der Waals surface area contributed by atoms with Crippen molar-refractivity contribution in [2.45, 2.75) is 33.4 Å². The highest BCUT2D eigenvalue weighted by Crippen LogP contribution is 2.20. The molecule has 1 N–H and O–H groups in total. The average molecular weight is 235 g/mol. The summed E-state index contributed by atoms with van der Waals surface area (Å²) < 4.78 is 2.23.